The number of alkyl halides is 1. The molecule has 0 fully saturated rings. The fourth-order valence-corrected chi connectivity index (χ4v) is 3.36. The van der Waals surface area contributed by atoms with Gasteiger partial charge in [0.1, 0.15) is 0 Å². The minimum Gasteiger partial charge on any atom is -0.493 e. The summed E-state index contributed by atoms with van der Waals surface area (Å²) in [6.45, 7) is 0. The van der Waals surface area contributed by atoms with Crippen molar-refractivity contribution in [3.8, 4) is 11.5 Å². The van der Waals surface area contributed by atoms with Gasteiger partial charge in [-0.15, -0.1) is 0 Å². The number of hydrogen-bond donors (Lipinski definition) is 0. The summed E-state index contributed by atoms with van der Waals surface area (Å²) in [6, 6.07) is 1.97. The number of methoxy groups -OCH3 is 2. The minimum absolute atomic E-state index is 0.369. The first-order chi connectivity index (χ1) is 7.19. The molecule has 2 rings (SSSR count). The van der Waals surface area contributed by atoms with Crippen molar-refractivity contribution in [2.24, 2.45) is 0 Å². The molecule has 0 heterocycles. The first-order valence-corrected chi connectivity index (χ1v) is 6.47. The van der Waals surface area contributed by atoms with Crippen LogP contribution >= 0.6 is 31.9 Å². The number of hydrogen-bond acceptors (Lipinski definition) is 2. The van der Waals surface area contributed by atoms with Crippen molar-refractivity contribution in [2.75, 3.05) is 14.2 Å². The predicted molar refractivity (Wildman–Crippen MR) is 67.2 cm³/mol. The molecule has 0 aromatic heterocycles. The average Bonchev–Trinajstić information content (AvgIpc) is 2.61. The molecule has 1 aliphatic carbocycles. The first-order valence-electron chi connectivity index (χ1n) is 4.76. The molecule has 0 N–H and O–H groups in total. The molecule has 0 saturated heterocycles. The van der Waals surface area contributed by atoms with Gasteiger partial charge in [-0.2, -0.15) is 0 Å². The first kappa shape index (κ1) is 11.3. The number of rotatable bonds is 2. The Hall–Kier alpha value is -0.220. The van der Waals surface area contributed by atoms with Gasteiger partial charge in [-0.05, 0) is 24.5 Å². The van der Waals surface area contributed by atoms with Gasteiger partial charge in [0.05, 0.1) is 14.2 Å². The summed E-state index contributed by atoms with van der Waals surface area (Å²) in [4.78, 5) is 0.369. The normalized spacial score (nSPS) is 18.8. The van der Waals surface area contributed by atoms with E-state index in [1.807, 2.05) is 6.07 Å². The van der Waals surface area contributed by atoms with Gasteiger partial charge in [-0.25, -0.2) is 0 Å². The van der Waals surface area contributed by atoms with Crippen LogP contribution in [0.1, 0.15) is 22.4 Å². The van der Waals surface area contributed by atoms with Gasteiger partial charge in [0.2, 0.25) is 0 Å². The van der Waals surface area contributed by atoms with Crippen LogP contribution in [0, 0.1) is 0 Å². The van der Waals surface area contributed by atoms with Crippen molar-refractivity contribution in [1.82, 2.24) is 0 Å². The molecule has 2 nitrogen and oxygen atoms in total. The molecule has 1 aromatic rings. The number of fused-ring (bicyclic) bond motifs is 1. The summed E-state index contributed by atoms with van der Waals surface area (Å²) in [5, 5.41) is 0. The van der Waals surface area contributed by atoms with E-state index in [1.165, 1.54) is 11.1 Å². The number of ether oxygens (including phenoxy) is 2. The Morgan fingerprint density at radius 1 is 1.33 bits per heavy atom. The lowest BCUT2D eigenvalue weighted by atomic mass is 10.1. The van der Waals surface area contributed by atoms with Gasteiger partial charge >= 0.3 is 0 Å². The van der Waals surface area contributed by atoms with E-state index in [-0.39, 0.29) is 0 Å². The second-order valence-electron chi connectivity index (χ2n) is 3.49. The third kappa shape index (κ3) is 1.78. The third-order valence-electron chi connectivity index (χ3n) is 2.72. The highest BCUT2D eigenvalue weighted by Gasteiger charge is 2.28. The highest BCUT2D eigenvalue weighted by molar-refractivity contribution is 9.10. The van der Waals surface area contributed by atoms with Gasteiger partial charge in [0, 0.05) is 14.9 Å². The molecule has 0 amide bonds. The van der Waals surface area contributed by atoms with Gasteiger partial charge in [0.25, 0.3) is 0 Å². The van der Waals surface area contributed by atoms with Crippen molar-refractivity contribution in [3.63, 3.8) is 0 Å². The Morgan fingerprint density at radius 2 is 2.07 bits per heavy atom. The molecule has 1 aliphatic rings. The van der Waals surface area contributed by atoms with Crippen LogP contribution in [0.25, 0.3) is 0 Å². The second kappa shape index (κ2) is 4.34. The lowest BCUT2D eigenvalue weighted by Crippen LogP contribution is -1.97. The molecule has 82 valence electrons. The van der Waals surface area contributed by atoms with E-state index >= 15 is 0 Å². The monoisotopic (exact) mass is 334 g/mol. The molecular formula is C11H12Br2O2. The van der Waals surface area contributed by atoms with Crippen molar-refractivity contribution < 1.29 is 9.47 Å². The molecule has 15 heavy (non-hydrogen) atoms. The smallest absolute Gasteiger partial charge is 0.165 e. The summed E-state index contributed by atoms with van der Waals surface area (Å²) >= 11 is 7.24. The maximum Gasteiger partial charge on any atom is 0.165 e. The second-order valence-corrected chi connectivity index (χ2v) is 5.45. The molecule has 0 saturated carbocycles. The van der Waals surface area contributed by atoms with E-state index in [0.717, 1.165) is 28.8 Å². The molecular weight excluding hydrogens is 324 g/mol. The number of benzene rings is 1. The molecule has 4 heteroatoms. The van der Waals surface area contributed by atoms with E-state index in [4.69, 9.17) is 9.47 Å². The van der Waals surface area contributed by atoms with Crippen molar-refractivity contribution in [2.45, 2.75) is 17.7 Å². The van der Waals surface area contributed by atoms with E-state index in [2.05, 4.69) is 31.9 Å². The summed E-state index contributed by atoms with van der Waals surface area (Å²) in [5.41, 5.74) is 2.55. The van der Waals surface area contributed by atoms with Crippen LogP contribution in [-0.4, -0.2) is 14.2 Å². The Labute approximate surface area is 106 Å². The zero-order valence-electron chi connectivity index (χ0n) is 8.64. The van der Waals surface area contributed by atoms with Crippen LogP contribution in [0.15, 0.2) is 10.5 Å². The van der Waals surface area contributed by atoms with Crippen LogP contribution in [0.3, 0.4) is 0 Å². The Bertz CT molecular complexity index is 391. The Kier molecular flexibility index (Phi) is 3.26. The summed E-state index contributed by atoms with van der Waals surface area (Å²) in [6.07, 6.45) is 2.18. The van der Waals surface area contributed by atoms with E-state index in [1.54, 1.807) is 14.2 Å². The fraction of sp³-hybridized carbons (Fsp3) is 0.455. The molecule has 0 aliphatic heterocycles. The zero-order valence-corrected chi connectivity index (χ0v) is 11.8. The van der Waals surface area contributed by atoms with Gasteiger partial charge in [0.15, 0.2) is 11.5 Å². The van der Waals surface area contributed by atoms with E-state index in [0.29, 0.717) is 4.83 Å². The molecule has 0 spiro atoms. The molecule has 0 bridgehead atoms. The average molecular weight is 336 g/mol. The van der Waals surface area contributed by atoms with Crippen LogP contribution in [-0.2, 0) is 6.42 Å². The fourth-order valence-electron chi connectivity index (χ4n) is 2.03. The summed E-state index contributed by atoms with van der Waals surface area (Å²) in [5.74, 6) is 1.64. The van der Waals surface area contributed by atoms with E-state index < -0.39 is 0 Å². The van der Waals surface area contributed by atoms with Crippen molar-refractivity contribution >= 4 is 31.9 Å². The summed E-state index contributed by atoms with van der Waals surface area (Å²) < 4.78 is 11.9. The Morgan fingerprint density at radius 3 is 2.67 bits per heavy atom. The third-order valence-corrected chi connectivity index (χ3v) is 4.35. The Balaban J connectivity index is 2.66. The van der Waals surface area contributed by atoms with Gasteiger partial charge < -0.3 is 9.47 Å². The lowest BCUT2D eigenvalue weighted by Gasteiger charge is -2.15. The van der Waals surface area contributed by atoms with Crippen LogP contribution in [0.5, 0.6) is 11.5 Å². The van der Waals surface area contributed by atoms with Crippen LogP contribution < -0.4 is 9.47 Å². The minimum atomic E-state index is 0.369. The molecule has 0 radical (unpaired) electrons. The maximum absolute atomic E-state index is 5.43. The predicted octanol–water partition coefficient (Wildman–Crippen LogP) is 3.85. The zero-order chi connectivity index (χ0) is 11.0. The van der Waals surface area contributed by atoms with Crippen molar-refractivity contribution in [1.29, 1.82) is 0 Å². The van der Waals surface area contributed by atoms with Crippen molar-refractivity contribution in [3.05, 3.63) is 21.7 Å². The van der Waals surface area contributed by atoms with Crippen LogP contribution in [0.2, 0.25) is 0 Å². The summed E-state index contributed by atoms with van der Waals surface area (Å²) in [7, 11) is 3.35. The quantitative estimate of drug-likeness (QED) is 0.764. The highest BCUT2D eigenvalue weighted by Crippen LogP contribution is 2.49. The van der Waals surface area contributed by atoms with Gasteiger partial charge in [-0.1, -0.05) is 31.9 Å². The van der Waals surface area contributed by atoms with E-state index in [9.17, 15) is 0 Å². The van der Waals surface area contributed by atoms with Crippen LogP contribution in [0.4, 0.5) is 0 Å². The largest absolute Gasteiger partial charge is 0.493 e. The molecule has 1 aromatic carbocycles. The molecule has 1 atom stereocenters. The lowest BCUT2D eigenvalue weighted by molar-refractivity contribution is 0.352. The SMILES string of the molecule is COc1cc(Br)c2c(c1OC)C(Br)CC2. The highest BCUT2D eigenvalue weighted by atomic mass is 79.9. The molecule has 1 unspecified atom stereocenters. The topological polar surface area (TPSA) is 18.5 Å². The standard InChI is InChI=1S/C11H12Br2O2/c1-14-9-5-8(13)6-3-4-7(12)10(6)11(9)15-2/h5,7H,3-4H2,1-2H3. The number of halogens is 2. The van der Waals surface area contributed by atoms with Gasteiger partial charge in [-0.3, -0.25) is 0 Å². The maximum atomic E-state index is 5.43.